The van der Waals surface area contributed by atoms with Crippen molar-refractivity contribution in [2.75, 3.05) is 24.5 Å². The molecular formula is C23H23ClN4O. The fourth-order valence-corrected chi connectivity index (χ4v) is 4.59. The minimum Gasteiger partial charge on any atom is -0.355 e. The van der Waals surface area contributed by atoms with Crippen LogP contribution in [0.15, 0.2) is 48.7 Å². The SMILES string of the molecule is O=C(C1CCN(c2cnc3cc(Cl)ccc3n2)CC1)N1CCc2ccccc2C1. The number of rotatable bonds is 2. The quantitative estimate of drug-likeness (QED) is 0.643. The number of amides is 1. The van der Waals surface area contributed by atoms with E-state index in [-0.39, 0.29) is 5.92 Å². The zero-order valence-corrected chi connectivity index (χ0v) is 17.0. The van der Waals surface area contributed by atoms with Gasteiger partial charge in [0, 0.05) is 37.1 Å². The van der Waals surface area contributed by atoms with Gasteiger partial charge in [-0.3, -0.25) is 9.78 Å². The number of fused-ring (bicyclic) bond motifs is 2. The minimum absolute atomic E-state index is 0.101. The Morgan fingerprint density at radius 3 is 2.62 bits per heavy atom. The van der Waals surface area contributed by atoms with Crippen LogP contribution in [0.1, 0.15) is 24.0 Å². The second kappa shape index (κ2) is 7.64. The molecule has 3 heterocycles. The van der Waals surface area contributed by atoms with Crippen molar-refractivity contribution in [1.29, 1.82) is 0 Å². The molecule has 2 aliphatic rings. The molecule has 1 saturated heterocycles. The van der Waals surface area contributed by atoms with E-state index >= 15 is 0 Å². The molecule has 6 heteroatoms. The lowest BCUT2D eigenvalue weighted by Crippen LogP contribution is -2.44. The summed E-state index contributed by atoms with van der Waals surface area (Å²) in [6.07, 6.45) is 4.48. The normalized spacial score (nSPS) is 17.4. The molecule has 5 rings (SSSR count). The molecule has 5 nitrogen and oxygen atoms in total. The fraction of sp³-hybridized carbons (Fsp3) is 0.348. The topological polar surface area (TPSA) is 49.3 Å². The third-order valence-electron chi connectivity index (χ3n) is 6.10. The van der Waals surface area contributed by atoms with Crippen LogP contribution in [0.4, 0.5) is 5.82 Å². The first-order chi connectivity index (χ1) is 14.2. The summed E-state index contributed by atoms with van der Waals surface area (Å²) in [5.74, 6) is 1.28. The zero-order valence-electron chi connectivity index (χ0n) is 16.2. The lowest BCUT2D eigenvalue weighted by atomic mass is 9.93. The molecule has 0 bridgehead atoms. The molecule has 0 spiro atoms. The van der Waals surface area contributed by atoms with E-state index in [0.717, 1.165) is 62.3 Å². The molecule has 2 aliphatic heterocycles. The molecule has 1 amide bonds. The smallest absolute Gasteiger partial charge is 0.226 e. The number of nitrogens with zero attached hydrogens (tertiary/aromatic N) is 4. The number of piperidine rings is 1. The van der Waals surface area contributed by atoms with Crippen LogP contribution in [0.2, 0.25) is 5.02 Å². The number of halogens is 1. The van der Waals surface area contributed by atoms with Crippen molar-refractivity contribution in [1.82, 2.24) is 14.9 Å². The number of benzene rings is 2. The molecule has 0 N–H and O–H groups in total. The third kappa shape index (κ3) is 3.67. The van der Waals surface area contributed by atoms with Crippen LogP contribution < -0.4 is 4.90 Å². The first-order valence-electron chi connectivity index (χ1n) is 10.2. The summed E-state index contributed by atoms with van der Waals surface area (Å²) in [6, 6.07) is 14.0. The molecule has 0 atom stereocenters. The minimum atomic E-state index is 0.101. The van der Waals surface area contributed by atoms with E-state index in [0.29, 0.717) is 10.9 Å². The van der Waals surface area contributed by atoms with Crippen molar-refractivity contribution in [3.05, 3.63) is 64.8 Å². The number of hydrogen-bond acceptors (Lipinski definition) is 4. The summed E-state index contributed by atoms with van der Waals surface area (Å²) in [7, 11) is 0. The zero-order chi connectivity index (χ0) is 19.8. The van der Waals surface area contributed by atoms with Gasteiger partial charge in [-0.05, 0) is 48.6 Å². The molecule has 29 heavy (non-hydrogen) atoms. The van der Waals surface area contributed by atoms with Crippen molar-refractivity contribution in [3.8, 4) is 0 Å². The van der Waals surface area contributed by atoms with Gasteiger partial charge >= 0.3 is 0 Å². The van der Waals surface area contributed by atoms with Crippen LogP contribution in [-0.2, 0) is 17.8 Å². The maximum absolute atomic E-state index is 13.1. The summed E-state index contributed by atoms with van der Waals surface area (Å²) in [5.41, 5.74) is 4.31. The molecule has 3 aromatic rings. The summed E-state index contributed by atoms with van der Waals surface area (Å²) in [6.45, 7) is 3.23. The Balaban J connectivity index is 1.24. The first-order valence-corrected chi connectivity index (χ1v) is 10.6. The van der Waals surface area contributed by atoms with Gasteiger partial charge in [0.1, 0.15) is 5.82 Å². The van der Waals surface area contributed by atoms with Gasteiger partial charge in [0.25, 0.3) is 0 Å². The Bertz CT molecular complexity index is 1060. The Morgan fingerprint density at radius 2 is 1.79 bits per heavy atom. The highest BCUT2D eigenvalue weighted by atomic mass is 35.5. The molecule has 2 aromatic carbocycles. The predicted octanol–water partition coefficient (Wildman–Crippen LogP) is 4.08. The molecule has 148 valence electrons. The number of anilines is 1. The molecule has 0 unspecified atom stereocenters. The first kappa shape index (κ1) is 18.4. The highest BCUT2D eigenvalue weighted by Crippen LogP contribution is 2.27. The van der Waals surface area contributed by atoms with E-state index < -0.39 is 0 Å². The van der Waals surface area contributed by atoms with Crippen molar-refractivity contribution in [2.24, 2.45) is 5.92 Å². The number of hydrogen-bond donors (Lipinski definition) is 0. The van der Waals surface area contributed by atoms with Gasteiger partial charge in [0.2, 0.25) is 5.91 Å². The van der Waals surface area contributed by atoms with Gasteiger partial charge in [0.05, 0.1) is 17.2 Å². The molecule has 1 aromatic heterocycles. The van der Waals surface area contributed by atoms with Crippen LogP contribution in [0.25, 0.3) is 11.0 Å². The highest BCUT2D eigenvalue weighted by molar-refractivity contribution is 6.31. The lowest BCUT2D eigenvalue weighted by Gasteiger charge is -2.36. The lowest BCUT2D eigenvalue weighted by molar-refractivity contribution is -0.137. The molecule has 1 fully saturated rings. The summed E-state index contributed by atoms with van der Waals surface area (Å²) in [4.78, 5) is 26.6. The Hall–Kier alpha value is -2.66. The maximum Gasteiger partial charge on any atom is 0.226 e. The highest BCUT2D eigenvalue weighted by Gasteiger charge is 2.30. The van der Waals surface area contributed by atoms with E-state index in [1.54, 1.807) is 0 Å². The van der Waals surface area contributed by atoms with E-state index in [9.17, 15) is 4.79 Å². The van der Waals surface area contributed by atoms with Crippen LogP contribution in [0.3, 0.4) is 0 Å². The van der Waals surface area contributed by atoms with E-state index in [1.165, 1.54) is 11.1 Å². The van der Waals surface area contributed by atoms with E-state index in [4.69, 9.17) is 16.6 Å². The largest absolute Gasteiger partial charge is 0.355 e. The van der Waals surface area contributed by atoms with Crippen molar-refractivity contribution in [3.63, 3.8) is 0 Å². The molecule has 0 saturated carbocycles. The van der Waals surface area contributed by atoms with E-state index in [2.05, 4.69) is 34.1 Å². The van der Waals surface area contributed by atoms with Crippen LogP contribution in [0.5, 0.6) is 0 Å². The molecule has 0 radical (unpaired) electrons. The van der Waals surface area contributed by atoms with Crippen LogP contribution in [0, 0.1) is 5.92 Å². The van der Waals surface area contributed by atoms with Crippen molar-refractivity contribution in [2.45, 2.75) is 25.8 Å². The van der Waals surface area contributed by atoms with Gasteiger partial charge in [-0.2, -0.15) is 0 Å². The molecular weight excluding hydrogens is 384 g/mol. The van der Waals surface area contributed by atoms with Crippen molar-refractivity contribution >= 4 is 34.4 Å². The summed E-state index contributed by atoms with van der Waals surface area (Å²) >= 11 is 6.03. The van der Waals surface area contributed by atoms with Gasteiger partial charge in [-0.1, -0.05) is 35.9 Å². The standard InChI is InChI=1S/C23H23ClN4O/c24-19-5-6-20-21(13-19)25-14-22(26-20)27-10-8-17(9-11-27)23(29)28-12-7-16-3-1-2-4-18(16)15-28/h1-6,13-14,17H,7-12,15H2. The number of carbonyl (C=O) groups is 1. The Labute approximate surface area is 175 Å². The summed E-state index contributed by atoms with van der Waals surface area (Å²) < 4.78 is 0. The predicted molar refractivity (Wildman–Crippen MR) is 115 cm³/mol. The van der Waals surface area contributed by atoms with E-state index in [1.807, 2.05) is 29.3 Å². The molecule has 0 aliphatic carbocycles. The van der Waals surface area contributed by atoms with Crippen LogP contribution in [-0.4, -0.2) is 40.4 Å². The van der Waals surface area contributed by atoms with Gasteiger partial charge < -0.3 is 9.80 Å². The maximum atomic E-state index is 13.1. The average molecular weight is 407 g/mol. The number of aromatic nitrogens is 2. The summed E-state index contributed by atoms with van der Waals surface area (Å²) in [5, 5.41) is 0.666. The van der Waals surface area contributed by atoms with Gasteiger partial charge in [0.15, 0.2) is 0 Å². The average Bonchev–Trinajstić information content (AvgIpc) is 2.78. The number of carbonyl (C=O) groups excluding carboxylic acids is 1. The fourth-order valence-electron chi connectivity index (χ4n) is 4.42. The van der Waals surface area contributed by atoms with Gasteiger partial charge in [-0.15, -0.1) is 0 Å². The third-order valence-corrected chi connectivity index (χ3v) is 6.34. The second-order valence-corrected chi connectivity index (χ2v) is 8.34. The monoisotopic (exact) mass is 406 g/mol. The Kier molecular flexibility index (Phi) is 4.84. The van der Waals surface area contributed by atoms with Crippen LogP contribution >= 0.6 is 11.6 Å². The Morgan fingerprint density at radius 1 is 1.00 bits per heavy atom. The second-order valence-electron chi connectivity index (χ2n) is 7.90. The van der Waals surface area contributed by atoms with Crippen molar-refractivity contribution < 1.29 is 4.79 Å². The van der Waals surface area contributed by atoms with Gasteiger partial charge in [-0.25, -0.2) is 4.98 Å².